The van der Waals surface area contributed by atoms with Crippen molar-refractivity contribution < 1.29 is 0 Å². The van der Waals surface area contributed by atoms with Crippen LogP contribution in [0.3, 0.4) is 0 Å². The lowest BCUT2D eigenvalue weighted by atomic mass is 9.77. The van der Waals surface area contributed by atoms with Crippen LogP contribution in [0.1, 0.15) is 83.1 Å². The molecule has 0 radical (unpaired) electrons. The predicted octanol–water partition coefficient (Wildman–Crippen LogP) is 6.68. The van der Waals surface area contributed by atoms with Crippen molar-refractivity contribution in [1.82, 2.24) is 4.90 Å². The molecule has 0 bridgehead atoms. The average Bonchev–Trinajstić information content (AvgIpc) is 3.08. The highest BCUT2D eigenvalue weighted by Gasteiger charge is 2.36. The van der Waals surface area contributed by atoms with Crippen LogP contribution >= 0.6 is 0 Å². The van der Waals surface area contributed by atoms with Gasteiger partial charge in [-0.2, -0.15) is 0 Å². The minimum Gasteiger partial charge on any atom is -0.299 e. The lowest BCUT2D eigenvalue weighted by Gasteiger charge is -2.28. The Hall–Kier alpha value is -0.820. The molecule has 0 N–H and O–H groups in total. The van der Waals surface area contributed by atoms with Crippen molar-refractivity contribution in [3.63, 3.8) is 0 Å². The van der Waals surface area contributed by atoms with E-state index in [1.807, 2.05) is 0 Å². The zero-order chi connectivity index (χ0) is 17.3. The highest BCUT2D eigenvalue weighted by Crippen LogP contribution is 2.39. The van der Waals surface area contributed by atoms with Gasteiger partial charge in [-0.1, -0.05) is 101 Å². The lowest BCUT2D eigenvalue weighted by molar-refractivity contribution is 0.227. The smallest absolute Gasteiger partial charge is 0.0233 e. The summed E-state index contributed by atoms with van der Waals surface area (Å²) >= 11 is 0. The largest absolute Gasteiger partial charge is 0.299 e. The molecule has 1 aliphatic carbocycles. The Labute approximate surface area is 156 Å². The first-order chi connectivity index (χ1) is 12.4. The zero-order valence-corrected chi connectivity index (χ0v) is 16.5. The summed E-state index contributed by atoms with van der Waals surface area (Å²) in [5.74, 6) is 2.92. The molecule has 1 aliphatic heterocycles. The van der Waals surface area contributed by atoms with Crippen molar-refractivity contribution in [3.8, 4) is 0 Å². The molecule has 140 valence electrons. The Bertz CT molecular complexity index is 458. The summed E-state index contributed by atoms with van der Waals surface area (Å²) in [5.41, 5.74) is 1.49. The quantitative estimate of drug-likeness (QED) is 0.558. The Morgan fingerprint density at radius 3 is 2.24 bits per heavy atom. The fraction of sp³-hybridized carbons (Fsp3) is 0.750. The molecule has 25 heavy (non-hydrogen) atoms. The third-order valence-corrected chi connectivity index (χ3v) is 6.75. The molecule has 0 aromatic heterocycles. The maximum atomic E-state index is 2.77. The molecule has 1 saturated carbocycles. The van der Waals surface area contributed by atoms with E-state index >= 15 is 0 Å². The summed E-state index contributed by atoms with van der Waals surface area (Å²) in [6.07, 6.45) is 16.2. The van der Waals surface area contributed by atoms with Crippen LogP contribution in [0.4, 0.5) is 0 Å². The fourth-order valence-electron chi connectivity index (χ4n) is 5.36. The monoisotopic (exact) mass is 341 g/mol. The lowest BCUT2D eigenvalue weighted by Crippen LogP contribution is -2.24. The average molecular weight is 342 g/mol. The van der Waals surface area contributed by atoms with Crippen molar-refractivity contribution in [3.05, 3.63) is 35.9 Å². The van der Waals surface area contributed by atoms with Crippen LogP contribution in [0.2, 0.25) is 0 Å². The fourth-order valence-corrected chi connectivity index (χ4v) is 5.36. The zero-order valence-electron chi connectivity index (χ0n) is 16.5. The second kappa shape index (κ2) is 10.4. The van der Waals surface area contributed by atoms with Crippen molar-refractivity contribution in [1.29, 1.82) is 0 Å². The molecule has 1 heterocycles. The van der Waals surface area contributed by atoms with E-state index < -0.39 is 0 Å². The van der Waals surface area contributed by atoms with Gasteiger partial charge in [-0.25, -0.2) is 0 Å². The first-order valence-electron chi connectivity index (χ1n) is 11.1. The Morgan fingerprint density at radius 1 is 0.880 bits per heavy atom. The Morgan fingerprint density at radius 2 is 1.56 bits per heavy atom. The van der Waals surface area contributed by atoms with Crippen LogP contribution in [0.5, 0.6) is 0 Å². The molecular weight excluding hydrogens is 302 g/mol. The van der Waals surface area contributed by atoms with Gasteiger partial charge < -0.3 is 0 Å². The maximum absolute atomic E-state index is 2.77. The SMILES string of the molecule is CCCCC1CN(Cc2ccccc2)CC1C1CCCCCCCC1. The molecule has 2 fully saturated rings. The number of benzene rings is 1. The molecule has 1 heteroatoms. The van der Waals surface area contributed by atoms with Gasteiger partial charge in [-0.05, 0) is 29.7 Å². The molecule has 1 nitrogen and oxygen atoms in total. The van der Waals surface area contributed by atoms with Crippen LogP contribution < -0.4 is 0 Å². The molecular formula is C24H39N. The van der Waals surface area contributed by atoms with Crippen LogP contribution in [0.25, 0.3) is 0 Å². The molecule has 1 aromatic carbocycles. The molecule has 1 aromatic rings. The number of rotatable bonds is 6. The van der Waals surface area contributed by atoms with E-state index in [9.17, 15) is 0 Å². The highest BCUT2D eigenvalue weighted by atomic mass is 15.2. The number of unbranched alkanes of at least 4 members (excludes halogenated alkanes) is 1. The number of likely N-dealkylation sites (tertiary alicyclic amines) is 1. The van der Waals surface area contributed by atoms with Gasteiger partial charge in [-0.15, -0.1) is 0 Å². The summed E-state index contributed by atoms with van der Waals surface area (Å²) in [6, 6.07) is 11.1. The molecule has 2 atom stereocenters. The van der Waals surface area contributed by atoms with Gasteiger partial charge in [-0.3, -0.25) is 4.90 Å². The van der Waals surface area contributed by atoms with Crippen molar-refractivity contribution in [2.75, 3.05) is 13.1 Å². The standard InChI is InChI=1S/C24H39N/c1-2-3-15-23-19-25(18-21-13-9-8-10-14-21)20-24(23)22-16-11-6-4-5-7-12-17-22/h8-10,13-14,22-24H,2-7,11-12,15-20H2,1H3. The van der Waals surface area contributed by atoms with Crippen molar-refractivity contribution in [2.24, 2.45) is 17.8 Å². The van der Waals surface area contributed by atoms with E-state index in [0.29, 0.717) is 0 Å². The topological polar surface area (TPSA) is 3.24 Å². The van der Waals surface area contributed by atoms with Gasteiger partial charge in [0.15, 0.2) is 0 Å². The normalized spacial score (nSPS) is 26.9. The van der Waals surface area contributed by atoms with E-state index in [1.165, 1.54) is 89.3 Å². The minimum atomic E-state index is 0.953. The van der Waals surface area contributed by atoms with Gasteiger partial charge in [0.05, 0.1) is 0 Å². The first-order valence-corrected chi connectivity index (χ1v) is 11.1. The number of hydrogen-bond acceptors (Lipinski definition) is 1. The Balaban J connectivity index is 1.63. The molecule has 1 saturated heterocycles. The van der Waals surface area contributed by atoms with Crippen LogP contribution in [0, 0.1) is 17.8 Å². The van der Waals surface area contributed by atoms with Gasteiger partial charge in [0.25, 0.3) is 0 Å². The second-order valence-corrected chi connectivity index (χ2v) is 8.70. The van der Waals surface area contributed by atoms with Crippen LogP contribution in [-0.2, 0) is 6.54 Å². The first kappa shape index (κ1) is 19.0. The number of nitrogens with zero attached hydrogens (tertiary/aromatic N) is 1. The third-order valence-electron chi connectivity index (χ3n) is 6.75. The van der Waals surface area contributed by atoms with E-state index in [4.69, 9.17) is 0 Å². The highest BCUT2D eigenvalue weighted by molar-refractivity contribution is 5.14. The molecule has 2 aliphatic rings. The van der Waals surface area contributed by atoms with E-state index in [2.05, 4.69) is 42.2 Å². The second-order valence-electron chi connectivity index (χ2n) is 8.70. The summed E-state index contributed by atoms with van der Waals surface area (Å²) in [4.78, 5) is 2.77. The van der Waals surface area contributed by atoms with E-state index in [1.54, 1.807) is 0 Å². The summed E-state index contributed by atoms with van der Waals surface area (Å²) in [7, 11) is 0. The van der Waals surface area contributed by atoms with Gasteiger partial charge in [0, 0.05) is 19.6 Å². The predicted molar refractivity (Wildman–Crippen MR) is 109 cm³/mol. The number of hydrogen-bond donors (Lipinski definition) is 0. The third kappa shape index (κ3) is 5.84. The van der Waals surface area contributed by atoms with E-state index in [0.717, 1.165) is 24.3 Å². The van der Waals surface area contributed by atoms with Gasteiger partial charge in [0.1, 0.15) is 0 Å². The van der Waals surface area contributed by atoms with Gasteiger partial charge in [0.2, 0.25) is 0 Å². The summed E-state index contributed by atoms with van der Waals surface area (Å²) in [6.45, 7) is 6.21. The van der Waals surface area contributed by atoms with Gasteiger partial charge >= 0.3 is 0 Å². The van der Waals surface area contributed by atoms with E-state index in [-0.39, 0.29) is 0 Å². The van der Waals surface area contributed by atoms with Crippen LogP contribution in [0.15, 0.2) is 30.3 Å². The molecule has 2 unspecified atom stereocenters. The molecule has 3 rings (SSSR count). The summed E-state index contributed by atoms with van der Waals surface area (Å²) in [5, 5.41) is 0. The molecule has 0 spiro atoms. The van der Waals surface area contributed by atoms with Crippen LogP contribution in [-0.4, -0.2) is 18.0 Å². The summed E-state index contributed by atoms with van der Waals surface area (Å²) < 4.78 is 0. The minimum absolute atomic E-state index is 0.953. The molecule has 0 amide bonds. The van der Waals surface area contributed by atoms with Crippen molar-refractivity contribution in [2.45, 2.75) is 84.1 Å². The Kier molecular flexibility index (Phi) is 7.85. The maximum Gasteiger partial charge on any atom is 0.0233 e. The van der Waals surface area contributed by atoms with Crippen molar-refractivity contribution >= 4 is 0 Å².